The Labute approximate surface area is 151 Å². The van der Waals surface area contributed by atoms with Crippen LogP contribution in [0.3, 0.4) is 0 Å². The molecular weight excluding hydrogens is 355 g/mol. The minimum Gasteiger partial charge on any atom is -0.481 e. The second-order valence-corrected chi connectivity index (χ2v) is 6.75. The molecule has 0 unspecified atom stereocenters. The molecule has 7 heteroatoms. The number of benzene rings is 1. The van der Waals surface area contributed by atoms with E-state index in [0.717, 1.165) is 37.7 Å². The highest BCUT2D eigenvalue weighted by Crippen LogP contribution is 2.23. The molecule has 5 nitrogen and oxygen atoms in total. The normalized spacial score (nSPS) is 13.5. The topological polar surface area (TPSA) is 94.8 Å². The lowest BCUT2D eigenvalue weighted by Gasteiger charge is -2.21. The van der Waals surface area contributed by atoms with Gasteiger partial charge in [0.2, 0.25) is 0 Å². The van der Waals surface area contributed by atoms with Crippen molar-refractivity contribution in [2.45, 2.75) is 57.0 Å². The molecule has 24 heavy (non-hydrogen) atoms. The Kier molecular flexibility index (Phi) is 8.53. The third kappa shape index (κ3) is 7.07. The Morgan fingerprint density at radius 2 is 1.62 bits per heavy atom. The molecule has 0 spiro atoms. The maximum Gasteiger partial charge on any atom is 0.336 e. The highest BCUT2D eigenvalue weighted by atomic mass is 35.5. The van der Waals surface area contributed by atoms with Gasteiger partial charge in [-0.15, -0.1) is 0 Å². The zero-order valence-electron chi connectivity index (χ0n) is 13.3. The van der Waals surface area contributed by atoms with E-state index in [1.807, 2.05) is 6.07 Å². The van der Waals surface area contributed by atoms with Crippen molar-refractivity contribution in [1.82, 2.24) is 0 Å². The minimum absolute atomic E-state index is 0.0579. The molecule has 0 aliphatic rings. The quantitative estimate of drug-likeness (QED) is 0.503. The summed E-state index contributed by atoms with van der Waals surface area (Å²) in [6.45, 7) is 0. The number of aliphatic carboxylic acids is 2. The molecule has 0 aliphatic heterocycles. The highest BCUT2D eigenvalue weighted by molar-refractivity contribution is 6.35. The lowest BCUT2D eigenvalue weighted by molar-refractivity contribution is -0.166. The lowest BCUT2D eigenvalue weighted by Crippen LogP contribution is -2.40. The average Bonchev–Trinajstić information content (AvgIpc) is 2.47. The predicted molar refractivity (Wildman–Crippen MR) is 92.7 cm³/mol. The van der Waals surface area contributed by atoms with Gasteiger partial charge in [0.05, 0.1) is 6.42 Å². The Morgan fingerprint density at radius 1 is 1.00 bits per heavy atom. The molecule has 0 aromatic heterocycles. The number of carboxylic acids is 2. The van der Waals surface area contributed by atoms with Gasteiger partial charge < -0.3 is 15.3 Å². The molecule has 1 aromatic carbocycles. The molecule has 1 rings (SSSR count). The van der Waals surface area contributed by atoms with Gasteiger partial charge in [-0.25, -0.2) is 4.79 Å². The molecular formula is C17H22Cl2O5. The predicted octanol–water partition coefficient (Wildman–Crippen LogP) is 4.17. The van der Waals surface area contributed by atoms with E-state index in [9.17, 15) is 14.7 Å². The number of hydrogen-bond acceptors (Lipinski definition) is 3. The van der Waals surface area contributed by atoms with Gasteiger partial charge in [0.25, 0.3) is 0 Å². The van der Waals surface area contributed by atoms with Crippen molar-refractivity contribution in [2.75, 3.05) is 0 Å². The molecule has 1 atom stereocenters. The molecule has 3 N–H and O–H groups in total. The second-order valence-electron chi connectivity index (χ2n) is 5.91. The lowest BCUT2D eigenvalue weighted by atomic mass is 9.92. The second kappa shape index (κ2) is 9.87. The van der Waals surface area contributed by atoms with E-state index in [1.165, 1.54) is 0 Å². The highest BCUT2D eigenvalue weighted by Gasteiger charge is 2.37. The van der Waals surface area contributed by atoms with Gasteiger partial charge in [-0.05, 0) is 43.4 Å². The van der Waals surface area contributed by atoms with Gasteiger partial charge >= 0.3 is 11.9 Å². The number of hydrogen-bond donors (Lipinski definition) is 3. The van der Waals surface area contributed by atoms with Crippen LogP contribution in [0.2, 0.25) is 10.0 Å². The SMILES string of the molecule is O=C(O)C[C@](O)(CCCCCCCc1ccc(Cl)cc1Cl)C(=O)O. The van der Waals surface area contributed by atoms with Crippen molar-refractivity contribution in [3.63, 3.8) is 0 Å². The molecule has 134 valence electrons. The van der Waals surface area contributed by atoms with E-state index >= 15 is 0 Å². The molecule has 0 saturated heterocycles. The van der Waals surface area contributed by atoms with Gasteiger partial charge in [-0.3, -0.25) is 4.79 Å². The van der Waals surface area contributed by atoms with Crippen molar-refractivity contribution in [3.05, 3.63) is 33.8 Å². The fourth-order valence-electron chi connectivity index (χ4n) is 2.51. The summed E-state index contributed by atoms with van der Waals surface area (Å²) in [5.74, 6) is -2.80. The molecule has 0 amide bonds. The Bertz CT molecular complexity index is 576. The van der Waals surface area contributed by atoms with Crippen molar-refractivity contribution >= 4 is 35.1 Å². The van der Waals surface area contributed by atoms with Crippen LogP contribution in [0.4, 0.5) is 0 Å². The fraction of sp³-hybridized carbons (Fsp3) is 0.529. The van der Waals surface area contributed by atoms with Crippen molar-refractivity contribution < 1.29 is 24.9 Å². The first-order valence-electron chi connectivity index (χ1n) is 7.86. The van der Waals surface area contributed by atoms with E-state index in [2.05, 4.69) is 0 Å². The van der Waals surface area contributed by atoms with Crippen molar-refractivity contribution in [1.29, 1.82) is 0 Å². The number of rotatable bonds is 11. The maximum absolute atomic E-state index is 11.0. The third-order valence-corrected chi connectivity index (χ3v) is 4.48. The standard InChI is InChI=1S/C17H22Cl2O5/c18-13-8-7-12(14(19)10-13)6-4-2-1-3-5-9-17(24,16(22)23)11-15(20)21/h7-8,10,24H,1-6,9,11H2,(H,20,21)(H,22,23)/t17-/m1/s1. The van der Waals surface area contributed by atoms with Crippen molar-refractivity contribution in [2.24, 2.45) is 0 Å². The average molecular weight is 377 g/mol. The van der Waals surface area contributed by atoms with Gasteiger partial charge in [0.1, 0.15) is 0 Å². The minimum atomic E-state index is -2.18. The summed E-state index contributed by atoms with van der Waals surface area (Å²) in [5.41, 5.74) is -1.13. The van der Waals surface area contributed by atoms with Crippen LogP contribution in [0.25, 0.3) is 0 Å². The summed E-state index contributed by atoms with van der Waals surface area (Å²) < 4.78 is 0. The molecule has 0 heterocycles. The van der Waals surface area contributed by atoms with Crippen LogP contribution >= 0.6 is 23.2 Å². The molecule has 0 fully saturated rings. The van der Waals surface area contributed by atoms with Gasteiger partial charge in [0, 0.05) is 10.0 Å². The van der Waals surface area contributed by atoms with Gasteiger partial charge in [-0.1, -0.05) is 48.5 Å². The fourth-order valence-corrected chi connectivity index (χ4v) is 3.01. The van der Waals surface area contributed by atoms with E-state index in [-0.39, 0.29) is 6.42 Å². The largest absolute Gasteiger partial charge is 0.481 e. The maximum atomic E-state index is 11.0. The molecule has 0 saturated carbocycles. The monoisotopic (exact) mass is 376 g/mol. The van der Waals surface area contributed by atoms with Crippen LogP contribution < -0.4 is 0 Å². The zero-order chi connectivity index (χ0) is 18.2. The van der Waals surface area contributed by atoms with Crippen LogP contribution in [-0.4, -0.2) is 32.9 Å². The molecule has 1 aromatic rings. The summed E-state index contributed by atoms with van der Waals surface area (Å²) in [7, 11) is 0. The first kappa shape index (κ1) is 20.7. The Balaban J connectivity index is 2.24. The van der Waals surface area contributed by atoms with Crippen LogP contribution in [0.15, 0.2) is 18.2 Å². The smallest absolute Gasteiger partial charge is 0.336 e. The summed E-state index contributed by atoms with van der Waals surface area (Å²) in [6.07, 6.45) is 3.99. The number of halogens is 2. The molecule has 0 radical (unpaired) electrons. The number of aryl methyl sites for hydroxylation is 1. The van der Waals surface area contributed by atoms with E-state index in [0.29, 0.717) is 16.5 Å². The summed E-state index contributed by atoms with van der Waals surface area (Å²) in [4.78, 5) is 21.6. The summed E-state index contributed by atoms with van der Waals surface area (Å²) in [5, 5.41) is 28.8. The summed E-state index contributed by atoms with van der Waals surface area (Å²) >= 11 is 11.9. The van der Waals surface area contributed by atoms with Crippen LogP contribution in [0, 0.1) is 0 Å². The van der Waals surface area contributed by atoms with E-state index in [1.54, 1.807) is 12.1 Å². The number of unbranched alkanes of at least 4 members (excludes halogenated alkanes) is 4. The van der Waals surface area contributed by atoms with Crippen molar-refractivity contribution in [3.8, 4) is 0 Å². The first-order chi connectivity index (χ1) is 11.2. The number of aliphatic hydroxyl groups is 1. The van der Waals surface area contributed by atoms with Crippen LogP contribution in [-0.2, 0) is 16.0 Å². The zero-order valence-corrected chi connectivity index (χ0v) is 14.8. The van der Waals surface area contributed by atoms with Gasteiger partial charge in [-0.2, -0.15) is 0 Å². The van der Waals surface area contributed by atoms with E-state index < -0.39 is 24.0 Å². The Hall–Kier alpha value is -1.30. The number of carboxylic acid groups (broad SMARTS) is 2. The van der Waals surface area contributed by atoms with Crippen LogP contribution in [0.5, 0.6) is 0 Å². The van der Waals surface area contributed by atoms with Gasteiger partial charge in [0.15, 0.2) is 5.60 Å². The molecule has 0 aliphatic carbocycles. The Morgan fingerprint density at radius 3 is 2.21 bits per heavy atom. The van der Waals surface area contributed by atoms with Crippen LogP contribution in [0.1, 0.15) is 50.5 Å². The summed E-state index contributed by atoms with van der Waals surface area (Å²) in [6, 6.07) is 5.43. The third-order valence-electron chi connectivity index (χ3n) is 3.89. The number of carbonyl (C=O) groups is 2. The van der Waals surface area contributed by atoms with E-state index in [4.69, 9.17) is 33.4 Å². The molecule has 0 bridgehead atoms. The first-order valence-corrected chi connectivity index (χ1v) is 8.62.